The van der Waals surface area contributed by atoms with E-state index in [1.54, 1.807) is 49.3 Å². The number of rotatable bonds is 4. The van der Waals surface area contributed by atoms with Crippen LogP contribution in [0.4, 0.5) is 11.6 Å². The van der Waals surface area contributed by atoms with Gasteiger partial charge in [0.2, 0.25) is 5.95 Å². The van der Waals surface area contributed by atoms with E-state index in [0.29, 0.717) is 22.1 Å². The predicted molar refractivity (Wildman–Crippen MR) is 120 cm³/mol. The number of hydrogen-bond donors (Lipinski definition) is 2. The molecule has 0 atom stereocenters. The highest BCUT2D eigenvalue weighted by Gasteiger charge is 2.19. The van der Waals surface area contributed by atoms with Crippen molar-refractivity contribution in [3.05, 3.63) is 80.3 Å². The van der Waals surface area contributed by atoms with Gasteiger partial charge in [-0.3, -0.25) is 18.9 Å². The molecule has 9 nitrogen and oxygen atoms in total. The van der Waals surface area contributed by atoms with Gasteiger partial charge in [0, 0.05) is 53.8 Å². The number of benzene rings is 1. The molecule has 5 rings (SSSR count). The Labute approximate surface area is 180 Å². The third-order valence-corrected chi connectivity index (χ3v) is 5.50. The number of halogens is 1. The number of anilines is 2. The molecule has 10 heteroatoms. The van der Waals surface area contributed by atoms with Crippen LogP contribution in [0, 0.1) is 0 Å². The van der Waals surface area contributed by atoms with Crippen LogP contribution in [0.3, 0.4) is 0 Å². The first-order valence-corrected chi connectivity index (χ1v) is 9.90. The first kappa shape index (κ1) is 19.1. The molecule has 4 aromatic heterocycles. The van der Waals surface area contributed by atoms with Crippen molar-refractivity contribution in [1.82, 2.24) is 28.7 Å². The molecule has 4 heterocycles. The molecule has 0 unspecified atom stereocenters. The Morgan fingerprint density at radius 1 is 1.06 bits per heavy atom. The molecular weight excluding hydrogens is 418 g/mol. The highest BCUT2D eigenvalue weighted by atomic mass is 35.5. The number of nitrogens with zero attached hydrogens (tertiary/aromatic N) is 5. The highest BCUT2D eigenvalue weighted by Crippen LogP contribution is 2.21. The lowest BCUT2D eigenvalue weighted by molar-refractivity contribution is 0.648. The van der Waals surface area contributed by atoms with Crippen LogP contribution in [0.5, 0.6) is 0 Å². The third-order valence-electron chi connectivity index (χ3n) is 5.26. The highest BCUT2D eigenvalue weighted by molar-refractivity contribution is 6.31. The molecular formula is C21H18ClN7O2. The van der Waals surface area contributed by atoms with E-state index in [9.17, 15) is 9.59 Å². The van der Waals surface area contributed by atoms with E-state index < -0.39 is 11.2 Å². The first-order chi connectivity index (χ1) is 14.9. The van der Waals surface area contributed by atoms with Crippen LogP contribution in [0.2, 0.25) is 5.02 Å². The molecule has 31 heavy (non-hydrogen) atoms. The van der Waals surface area contributed by atoms with Gasteiger partial charge in [0.1, 0.15) is 0 Å². The Balaban J connectivity index is 1.62. The van der Waals surface area contributed by atoms with Crippen LogP contribution in [-0.4, -0.2) is 28.7 Å². The summed E-state index contributed by atoms with van der Waals surface area (Å²) in [7, 11) is 3.34. The van der Waals surface area contributed by atoms with Crippen LogP contribution in [0.15, 0.2) is 58.4 Å². The SMILES string of the molecule is Cn1c(Nc2ccncc2)nc2c1c(=O)n(Cc1cc3cc(Cl)ccc3[nH]1)c(=O)n2C. The van der Waals surface area contributed by atoms with E-state index in [1.165, 1.54) is 9.13 Å². The number of fused-ring (bicyclic) bond motifs is 2. The number of pyridine rings is 1. The average molecular weight is 436 g/mol. The Kier molecular flexibility index (Phi) is 4.40. The summed E-state index contributed by atoms with van der Waals surface area (Å²) < 4.78 is 4.24. The van der Waals surface area contributed by atoms with Crippen molar-refractivity contribution in [1.29, 1.82) is 0 Å². The normalized spacial score (nSPS) is 11.5. The van der Waals surface area contributed by atoms with E-state index in [0.717, 1.165) is 22.3 Å². The fraction of sp³-hybridized carbons (Fsp3) is 0.143. The monoisotopic (exact) mass is 435 g/mol. The largest absolute Gasteiger partial charge is 0.357 e. The Bertz CT molecular complexity index is 1560. The summed E-state index contributed by atoms with van der Waals surface area (Å²) in [6, 6.07) is 10.9. The van der Waals surface area contributed by atoms with Crippen LogP contribution in [0.25, 0.3) is 22.1 Å². The minimum Gasteiger partial charge on any atom is -0.357 e. The first-order valence-electron chi connectivity index (χ1n) is 9.53. The van der Waals surface area contributed by atoms with Crippen molar-refractivity contribution in [3.8, 4) is 0 Å². The number of aromatic nitrogens is 6. The molecule has 0 aliphatic rings. The zero-order valence-corrected chi connectivity index (χ0v) is 17.5. The van der Waals surface area contributed by atoms with Gasteiger partial charge in [-0.1, -0.05) is 11.6 Å². The minimum absolute atomic E-state index is 0.103. The quantitative estimate of drug-likeness (QED) is 0.452. The summed E-state index contributed by atoms with van der Waals surface area (Å²) >= 11 is 6.06. The van der Waals surface area contributed by atoms with E-state index in [1.807, 2.05) is 18.2 Å². The molecule has 0 saturated heterocycles. The van der Waals surface area contributed by atoms with Gasteiger partial charge in [-0.2, -0.15) is 4.98 Å². The lowest BCUT2D eigenvalue weighted by Crippen LogP contribution is -2.39. The smallest absolute Gasteiger partial charge is 0.332 e. The molecule has 0 amide bonds. The maximum atomic E-state index is 13.3. The van der Waals surface area contributed by atoms with E-state index >= 15 is 0 Å². The lowest BCUT2D eigenvalue weighted by Gasteiger charge is -2.08. The summed E-state index contributed by atoms with van der Waals surface area (Å²) in [5.74, 6) is 0.450. The van der Waals surface area contributed by atoms with Crippen molar-refractivity contribution < 1.29 is 0 Å². The molecule has 0 aliphatic carbocycles. The average Bonchev–Trinajstić information content (AvgIpc) is 3.30. The van der Waals surface area contributed by atoms with Gasteiger partial charge < -0.3 is 14.9 Å². The number of imidazole rings is 1. The van der Waals surface area contributed by atoms with Crippen molar-refractivity contribution in [3.63, 3.8) is 0 Å². The summed E-state index contributed by atoms with van der Waals surface area (Å²) in [6.45, 7) is 0.103. The second-order valence-corrected chi connectivity index (χ2v) is 7.72. The fourth-order valence-corrected chi connectivity index (χ4v) is 3.86. The molecule has 0 bridgehead atoms. The van der Waals surface area contributed by atoms with Crippen molar-refractivity contribution >= 4 is 45.3 Å². The van der Waals surface area contributed by atoms with Crippen LogP contribution < -0.4 is 16.6 Å². The van der Waals surface area contributed by atoms with E-state index in [4.69, 9.17) is 11.6 Å². The lowest BCUT2D eigenvalue weighted by atomic mass is 10.2. The van der Waals surface area contributed by atoms with Gasteiger partial charge >= 0.3 is 5.69 Å². The molecule has 0 spiro atoms. The van der Waals surface area contributed by atoms with Gasteiger partial charge in [-0.05, 0) is 36.4 Å². The van der Waals surface area contributed by atoms with Gasteiger partial charge in [0.05, 0.1) is 6.54 Å². The number of aryl methyl sites for hydroxylation is 2. The standard InChI is InChI=1S/C21H18ClN7O2/c1-27-17-18(26-20(27)25-14-5-7-23-8-6-14)28(2)21(31)29(19(17)30)11-15-10-12-9-13(22)3-4-16(12)24-15/h3-10,24H,11H2,1-2H3,(H,23,25,26). The van der Waals surface area contributed by atoms with E-state index in [2.05, 4.69) is 20.3 Å². The number of H-pyrrole nitrogens is 1. The second kappa shape index (κ2) is 7.13. The predicted octanol–water partition coefficient (Wildman–Crippen LogP) is 2.76. The zero-order valence-electron chi connectivity index (χ0n) is 16.8. The third kappa shape index (κ3) is 3.19. The number of hydrogen-bond acceptors (Lipinski definition) is 5. The summed E-state index contributed by atoms with van der Waals surface area (Å²) in [4.78, 5) is 38.0. The van der Waals surface area contributed by atoms with Gasteiger partial charge in [-0.15, -0.1) is 0 Å². The molecule has 5 aromatic rings. The number of aromatic amines is 1. The van der Waals surface area contributed by atoms with Crippen molar-refractivity contribution in [2.45, 2.75) is 6.54 Å². The summed E-state index contributed by atoms with van der Waals surface area (Å²) in [5.41, 5.74) is 2.18. The van der Waals surface area contributed by atoms with E-state index in [-0.39, 0.29) is 6.54 Å². The van der Waals surface area contributed by atoms with Gasteiger partial charge in [0.15, 0.2) is 11.2 Å². The Hall–Kier alpha value is -3.85. The van der Waals surface area contributed by atoms with Crippen LogP contribution in [0.1, 0.15) is 5.69 Å². The van der Waals surface area contributed by atoms with Gasteiger partial charge in [-0.25, -0.2) is 4.79 Å². The van der Waals surface area contributed by atoms with Crippen LogP contribution in [-0.2, 0) is 20.6 Å². The molecule has 0 fully saturated rings. The Morgan fingerprint density at radius 3 is 2.61 bits per heavy atom. The Morgan fingerprint density at radius 2 is 1.84 bits per heavy atom. The van der Waals surface area contributed by atoms with Gasteiger partial charge in [0.25, 0.3) is 5.56 Å². The summed E-state index contributed by atoms with van der Waals surface area (Å²) in [6.07, 6.45) is 3.31. The molecule has 156 valence electrons. The fourth-order valence-electron chi connectivity index (χ4n) is 3.68. The molecule has 0 radical (unpaired) electrons. The number of nitrogens with one attached hydrogen (secondary N) is 2. The topological polar surface area (TPSA) is 103 Å². The zero-order chi connectivity index (χ0) is 21.7. The molecule has 2 N–H and O–H groups in total. The van der Waals surface area contributed by atoms with Crippen molar-refractivity contribution in [2.75, 3.05) is 5.32 Å². The van der Waals surface area contributed by atoms with Crippen LogP contribution >= 0.6 is 11.6 Å². The maximum absolute atomic E-state index is 13.3. The van der Waals surface area contributed by atoms with Crippen molar-refractivity contribution in [2.24, 2.45) is 14.1 Å². The molecule has 1 aromatic carbocycles. The molecule has 0 aliphatic heterocycles. The second-order valence-electron chi connectivity index (χ2n) is 7.29. The molecule has 0 saturated carbocycles. The maximum Gasteiger partial charge on any atom is 0.332 e. The summed E-state index contributed by atoms with van der Waals surface area (Å²) in [5, 5.41) is 4.69. The minimum atomic E-state index is -0.442.